The number of thiazole rings is 1. The summed E-state index contributed by atoms with van der Waals surface area (Å²) in [6, 6.07) is 21.8. The Labute approximate surface area is 210 Å². The van der Waals surface area contributed by atoms with Gasteiger partial charge in [0.2, 0.25) is 0 Å². The monoisotopic (exact) mass is 488 g/mol. The molecule has 0 spiro atoms. The van der Waals surface area contributed by atoms with Crippen molar-refractivity contribution in [2.24, 2.45) is 11.8 Å². The highest BCUT2D eigenvalue weighted by Gasteiger charge is 2.37. The number of carboxylic acid groups (broad SMARTS) is 1. The highest BCUT2D eigenvalue weighted by atomic mass is 32.1. The first kappa shape index (κ1) is 26.1. The van der Waals surface area contributed by atoms with E-state index >= 15 is 0 Å². The Hall–Kier alpha value is -3.51. The number of aliphatic carboxylic acids is 1. The average Bonchev–Trinajstić information content (AvgIpc) is 3.46. The lowest BCUT2D eigenvalue weighted by Gasteiger charge is -2.14. The van der Waals surface area contributed by atoms with E-state index in [0.29, 0.717) is 18.4 Å². The van der Waals surface area contributed by atoms with E-state index in [1.165, 1.54) is 5.56 Å². The summed E-state index contributed by atoms with van der Waals surface area (Å²) in [4.78, 5) is 28.9. The second kappa shape index (κ2) is 10.8. The number of carbonyl (C=O) groups is 2. The summed E-state index contributed by atoms with van der Waals surface area (Å²) < 4.78 is 1.16. The van der Waals surface area contributed by atoms with Crippen LogP contribution in [0.4, 0.5) is 10.8 Å². The zero-order valence-electron chi connectivity index (χ0n) is 18.2. The predicted molar refractivity (Wildman–Crippen MR) is 146 cm³/mol. The molecule has 0 unspecified atom stereocenters. The van der Waals surface area contributed by atoms with Crippen LogP contribution < -0.4 is 5.32 Å². The van der Waals surface area contributed by atoms with Gasteiger partial charge in [0.05, 0.1) is 16.1 Å². The van der Waals surface area contributed by atoms with Crippen LogP contribution in [0.5, 0.6) is 0 Å². The second-order valence-corrected chi connectivity index (χ2v) is 9.65. The van der Waals surface area contributed by atoms with Gasteiger partial charge >= 0.3 is 5.97 Å². The minimum atomic E-state index is -0.864. The number of nitrogens with zero attached hydrogens (tertiary/aromatic N) is 1. The number of carboxylic acids is 1. The fourth-order valence-electron chi connectivity index (χ4n) is 4.57. The molecule has 4 aromatic rings. The molecule has 1 saturated carbocycles. The fourth-order valence-corrected chi connectivity index (χ4v) is 5.55. The van der Waals surface area contributed by atoms with Gasteiger partial charge in [0.15, 0.2) is 10.9 Å². The number of hydrogen-bond donors (Lipinski definition) is 2. The molecule has 0 aliphatic heterocycles. The third-order valence-corrected chi connectivity index (χ3v) is 7.29. The Morgan fingerprint density at radius 2 is 1.54 bits per heavy atom. The van der Waals surface area contributed by atoms with E-state index in [9.17, 15) is 14.7 Å². The first-order valence-corrected chi connectivity index (χ1v) is 11.9. The molecule has 0 amide bonds. The van der Waals surface area contributed by atoms with Crippen LogP contribution in [0.3, 0.4) is 0 Å². The lowest BCUT2D eigenvalue weighted by Crippen LogP contribution is -2.25. The maximum Gasteiger partial charge on any atom is 0.307 e. The molecule has 3 aromatic carbocycles. The maximum absolute atomic E-state index is 12.8. The minimum Gasteiger partial charge on any atom is -0.481 e. The molecular weight excluding hydrogens is 456 g/mol. The predicted octanol–water partition coefficient (Wildman–Crippen LogP) is 7.97. The molecule has 1 aliphatic carbocycles. The van der Waals surface area contributed by atoms with Gasteiger partial charge in [-0.15, -0.1) is 0 Å². The minimum absolute atomic E-state index is 0. The van der Waals surface area contributed by atoms with Crippen molar-refractivity contribution in [2.75, 3.05) is 5.32 Å². The van der Waals surface area contributed by atoms with Crippen LogP contribution in [0.25, 0.3) is 21.3 Å². The Kier molecular flexibility index (Phi) is 8.07. The highest BCUT2D eigenvalue weighted by Crippen LogP contribution is 2.35. The molecule has 6 heteroatoms. The molecule has 1 heterocycles. The molecule has 5 nitrogen and oxygen atoms in total. The summed E-state index contributed by atoms with van der Waals surface area (Å²) in [5.41, 5.74) is 5.81. The summed E-state index contributed by atoms with van der Waals surface area (Å²) in [7, 11) is 0. The average molecular weight is 489 g/mol. The molecule has 2 N–H and O–H groups in total. The normalized spacial score (nSPS) is 16.8. The van der Waals surface area contributed by atoms with E-state index in [1.54, 1.807) is 11.3 Å². The number of Topliss-reactive ketones (excluding diaryl/α,β-unsaturated/α-hetero) is 1. The third-order valence-electron chi connectivity index (χ3n) is 6.35. The van der Waals surface area contributed by atoms with Crippen LogP contribution in [0.15, 0.2) is 66.7 Å². The summed E-state index contributed by atoms with van der Waals surface area (Å²) >= 11 is 1.63. The molecule has 0 radical (unpaired) electrons. The van der Waals surface area contributed by atoms with Gasteiger partial charge < -0.3 is 10.4 Å². The van der Waals surface area contributed by atoms with Crippen molar-refractivity contribution in [3.8, 4) is 11.1 Å². The van der Waals surface area contributed by atoms with Crippen LogP contribution in [-0.2, 0) is 4.79 Å². The highest BCUT2D eigenvalue weighted by molar-refractivity contribution is 7.22. The van der Waals surface area contributed by atoms with Gasteiger partial charge in [0.1, 0.15) is 0 Å². The number of rotatable bonds is 6. The lowest BCUT2D eigenvalue weighted by molar-refractivity contribution is -0.142. The molecular formula is C29H32N2O3S. The van der Waals surface area contributed by atoms with Crippen molar-refractivity contribution in [3.05, 3.63) is 77.9 Å². The first-order chi connectivity index (χ1) is 16.0. The van der Waals surface area contributed by atoms with Gasteiger partial charge in [-0.3, -0.25) is 9.59 Å². The molecule has 5 rings (SSSR count). The van der Waals surface area contributed by atoms with Crippen molar-refractivity contribution < 1.29 is 14.7 Å². The van der Waals surface area contributed by atoms with Gasteiger partial charge in [-0.1, -0.05) is 75.1 Å². The summed E-state index contributed by atoms with van der Waals surface area (Å²) in [5.74, 6) is -1.89. The standard InChI is InChI=1S/C27H24N2O3S.2CH4/c1-16-5-14-23-24(15-16)33-27(29-23)28-20-12-10-18(11-13-20)17-6-8-19(9-7-17)25(30)21-3-2-4-22(21)26(31)32;;/h5-15,21-22H,2-4H2,1H3,(H,28,29)(H,31,32);2*1H4/t21-,22-;;/m1../s1. The SMILES string of the molecule is C.C.Cc1ccc2nc(Nc3ccc(-c4ccc(C(=O)[C@@H]5CCC[C@H]5C(=O)O)cc4)cc3)sc2c1. The molecule has 35 heavy (non-hydrogen) atoms. The molecule has 2 atom stereocenters. The van der Waals surface area contributed by atoms with Crippen LogP contribution in [-0.4, -0.2) is 21.8 Å². The largest absolute Gasteiger partial charge is 0.481 e. The van der Waals surface area contributed by atoms with Gasteiger partial charge in [-0.25, -0.2) is 4.98 Å². The first-order valence-electron chi connectivity index (χ1n) is 11.1. The summed E-state index contributed by atoms with van der Waals surface area (Å²) in [5, 5.41) is 13.6. The Bertz CT molecular complexity index is 1330. The van der Waals surface area contributed by atoms with E-state index in [1.807, 2.05) is 54.6 Å². The van der Waals surface area contributed by atoms with Crippen molar-refractivity contribution in [1.29, 1.82) is 0 Å². The molecule has 1 aromatic heterocycles. The van der Waals surface area contributed by atoms with Gasteiger partial charge in [0, 0.05) is 17.2 Å². The number of fused-ring (bicyclic) bond motifs is 1. The van der Waals surface area contributed by atoms with E-state index < -0.39 is 17.8 Å². The van der Waals surface area contributed by atoms with Crippen molar-refractivity contribution in [2.45, 2.75) is 41.0 Å². The zero-order valence-corrected chi connectivity index (χ0v) is 19.1. The van der Waals surface area contributed by atoms with Crippen LogP contribution in [0.1, 0.15) is 50.0 Å². The van der Waals surface area contributed by atoms with Crippen molar-refractivity contribution in [1.82, 2.24) is 4.98 Å². The molecule has 1 aliphatic rings. The van der Waals surface area contributed by atoms with Crippen LogP contribution in [0.2, 0.25) is 0 Å². The number of nitrogens with one attached hydrogen (secondary N) is 1. The third kappa shape index (κ3) is 5.43. The van der Waals surface area contributed by atoms with E-state index in [-0.39, 0.29) is 20.6 Å². The molecule has 1 fully saturated rings. The fraction of sp³-hybridized carbons (Fsp3) is 0.276. The smallest absolute Gasteiger partial charge is 0.307 e. The second-order valence-electron chi connectivity index (χ2n) is 8.62. The number of anilines is 2. The molecule has 0 saturated heterocycles. The number of hydrogen-bond acceptors (Lipinski definition) is 5. The lowest BCUT2D eigenvalue weighted by atomic mass is 9.88. The number of aryl methyl sites for hydroxylation is 1. The van der Waals surface area contributed by atoms with Gasteiger partial charge in [0.25, 0.3) is 0 Å². The molecule has 182 valence electrons. The Balaban J connectivity index is 0.00000171. The van der Waals surface area contributed by atoms with Gasteiger partial charge in [-0.05, 0) is 60.7 Å². The van der Waals surface area contributed by atoms with E-state index in [4.69, 9.17) is 0 Å². The zero-order chi connectivity index (χ0) is 22.9. The summed E-state index contributed by atoms with van der Waals surface area (Å²) in [6.45, 7) is 2.08. The van der Waals surface area contributed by atoms with E-state index in [0.717, 1.165) is 38.6 Å². The topological polar surface area (TPSA) is 79.3 Å². The summed E-state index contributed by atoms with van der Waals surface area (Å²) in [6.07, 6.45) is 2.03. The number of benzene rings is 3. The Morgan fingerprint density at radius 3 is 2.20 bits per heavy atom. The van der Waals surface area contributed by atoms with Crippen molar-refractivity contribution >= 4 is 44.1 Å². The maximum atomic E-state index is 12.8. The van der Waals surface area contributed by atoms with Crippen LogP contribution >= 0.6 is 11.3 Å². The number of carbonyl (C=O) groups excluding carboxylic acids is 1. The Morgan fingerprint density at radius 1 is 0.914 bits per heavy atom. The number of ketones is 1. The van der Waals surface area contributed by atoms with Crippen LogP contribution in [0, 0.1) is 18.8 Å². The quantitative estimate of drug-likeness (QED) is 0.269. The number of aromatic nitrogens is 1. The van der Waals surface area contributed by atoms with Crippen molar-refractivity contribution in [3.63, 3.8) is 0 Å². The van der Waals surface area contributed by atoms with Gasteiger partial charge in [-0.2, -0.15) is 0 Å². The molecule has 0 bridgehead atoms. The van der Waals surface area contributed by atoms with E-state index in [2.05, 4.69) is 29.4 Å².